The first-order chi connectivity index (χ1) is 8.39. The van der Waals surface area contributed by atoms with E-state index in [4.69, 9.17) is 5.73 Å². The lowest BCUT2D eigenvalue weighted by atomic mass is 10.0. The molecule has 0 aliphatic heterocycles. The van der Waals surface area contributed by atoms with Crippen molar-refractivity contribution >= 4 is 11.3 Å². The van der Waals surface area contributed by atoms with Gasteiger partial charge in [0, 0.05) is 12.2 Å². The minimum Gasteiger partial charge on any atom is -0.324 e. The topological polar surface area (TPSA) is 38.9 Å². The highest BCUT2D eigenvalue weighted by Crippen LogP contribution is 2.38. The Balaban J connectivity index is 2.47. The van der Waals surface area contributed by atoms with E-state index in [2.05, 4.69) is 4.98 Å². The molecule has 1 aromatic heterocycles. The van der Waals surface area contributed by atoms with Gasteiger partial charge in [-0.3, -0.25) is 0 Å². The van der Waals surface area contributed by atoms with Crippen LogP contribution in [0, 0.1) is 0 Å². The predicted molar refractivity (Wildman–Crippen MR) is 65.2 cm³/mol. The molecule has 1 unspecified atom stereocenters. The molecule has 0 saturated carbocycles. The summed E-state index contributed by atoms with van der Waals surface area (Å²) >= 11 is 0.633. The molecular formula is C12H11F3N2S. The van der Waals surface area contributed by atoms with E-state index in [9.17, 15) is 13.2 Å². The molecular weight excluding hydrogens is 261 g/mol. The van der Waals surface area contributed by atoms with Gasteiger partial charge in [0.05, 0.1) is 4.88 Å². The van der Waals surface area contributed by atoms with Crippen molar-refractivity contribution in [1.82, 2.24) is 4.98 Å². The summed E-state index contributed by atoms with van der Waals surface area (Å²) in [6.45, 7) is 1.80. The lowest BCUT2D eigenvalue weighted by Gasteiger charge is -2.10. The largest absolute Gasteiger partial charge is 0.443 e. The normalized spacial score (nSPS) is 13.6. The number of aromatic nitrogens is 1. The number of nitrogens with zero attached hydrogens (tertiary/aromatic N) is 1. The van der Waals surface area contributed by atoms with Crippen molar-refractivity contribution in [3.8, 4) is 10.4 Å². The van der Waals surface area contributed by atoms with Crippen LogP contribution in [0.15, 0.2) is 30.5 Å². The Hall–Kier alpha value is -1.40. The van der Waals surface area contributed by atoms with Crippen LogP contribution in [0.3, 0.4) is 0 Å². The maximum Gasteiger partial charge on any atom is 0.443 e. The van der Waals surface area contributed by atoms with Gasteiger partial charge in [-0.15, -0.1) is 11.3 Å². The van der Waals surface area contributed by atoms with E-state index < -0.39 is 11.2 Å². The van der Waals surface area contributed by atoms with E-state index in [-0.39, 0.29) is 6.04 Å². The van der Waals surface area contributed by atoms with Crippen LogP contribution in [-0.2, 0) is 6.18 Å². The van der Waals surface area contributed by atoms with E-state index in [1.54, 1.807) is 19.1 Å². The lowest BCUT2D eigenvalue weighted by Crippen LogP contribution is -2.06. The molecule has 2 nitrogen and oxygen atoms in total. The molecule has 96 valence electrons. The number of nitrogens with two attached hydrogens (primary N) is 1. The van der Waals surface area contributed by atoms with Gasteiger partial charge in [-0.25, -0.2) is 4.98 Å². The predicted octanol–water partition coefficient (Wildman–Crippen LogP) is 3.85. The van der Waals surface area contributed by atoms with Crippen molar-refractivity contribution in [2.24, 2.45) is 5.73 Å². The van der Waals surface area contributed by atoms with Crippen molar-refractivity contribution in [3.63, 3.8) is 0 Å². The van der Waals surface area contributed by atoms with Crippen LogP contribution in [0.2, 0.25) is 0 Å². The maximum atomic E-state index is 12.5. The van der Waals surface area contributed by atoms with Gasteiger partial charge in [-0.05, 0) is 18.1 Å². The van der Waals surface area contributed by atoms with Gasteiger partial charge in [-0.1, -0.05) is 24.3 Å². The third-order valence-electron chi connectivity index (χ3n) is 2.47. The minimum absolute atomic E-state index is 0.238. The van der Waals surface area contributed by atoms with Gasteiger partial charge in [0.1, 0.15) is 0 Å². The van der Waals surface area contributed by atoms with E-state index in [1.807, 2.05) is 12.1 Å². The second kappa shape index (κ2) is 4.70. The highest BCUT2D eigenvalue weighted by molar-refractivity contribution is 7.15. The van der Waals surface area contributed by atoms with Gasteiger partial charge in [-0.2, -0.15) is 13.2 Å². The van der Waals surface area contributed by atoms with Crippen LogP contribution in [0.1, 0.15) is 23.5 Å². The van der Waals surface area contributed by atoms with Crippen LogP contribution in [-0.4, -0.2) is 4.98 Å². The fraction of sp³-hybridized carbons (Fsp3) is 0.250. The van der Waals surface area contributed by atoms with Gasteiger partial charge >= 0.3 is 6.18 Å². The zero-order valence-corrected chi connectivity index (χ0v) is 10.3. The summed E-state index contributed by atoms with van der Waals surface area (Å²) in [6.07, 6.45) is -3.15. The fourth-order valence-corrected chi connectivity index (χ4v) is 2.48. The van der Waals surface area contributed by atoms with Gasteiger partial charge in [0.25, 0.3) is 0 Å². The van der Waals surface area contributed by atoms with Crippen LogP contribution >= 0.6 is 11.3 Å². The number of hydrogen-bond acceptors (Lipinski definition) is 3. The highest BCUT2D eigenvalue weighted by Gasteiger charge is 2.34. The Morgan fingerprint density at radius 2 is 1.94 bits per heavy atom. The Morgan fingerprint density at radius 3 is 2.50 bits per heavy atom. The summed E-state index contributed by atoms with van der Waals surface area (Å²) < 4.78 is 37.5. The molecule has 0 aliphatic carbocycles. The van der Waals surface area contributed by atoms with Crippen LogP contribution in [0.25, 0.3) is 10.4 Å². The van der Waals surface area contributed by atoms with Crippen molar-refractivity contribution in [1.29, 1.82) is 0 Å². The molecule has 0 spiro atoms. The monoisotopic (exact) mass is 272 g/mol. The number of alkyl halides is 3. The van der Waals surface area contributed by atoms with Gasteiger partial charge in [0.2, 0.25) is 0 Å². The van der Waals surface area contributed by atoms with Gasteiger partial charge in [0.15, 0.2) is 5.01 Å². The molecule has 0 amide bonds. The molecule has 18 heavy (non-hydrogen) atoms. The summed E-state index contributed by atoms with van der Waals surface area (Å²) in [5.41, 5.74) is 7.33. The lowest BCUT2D eigenvalue weighted by molar-refractivity contribution is -0.137. The quantitative estimate of drug-likeness (QED) is 0.901. The van der Waals surface area contributed by atoms with E-state index >= 15 is 0 Å². The minimum atomic E-state index is -4.40. The number of hydrogen-bond donors (Lipinski definition) is 1. The summed E-state index contributed by atoms with van der Waals surface area (Å²) in [5, 5.41) is -0.836. The standard InChI is InChI=1S/C12H11F3N2S/c1-7(16)8-4-2-3-5-9(8)10-6-17-11(18-10)12(13,14)15/h2-7H,16H2,1H3. The third-order valence-corrected chi connectivity index (χ3v) is 3.54. The van der Waals surface area contributed by atoms with Crippen molar-refractivity contribution in [3.05, 3.63) is 41.0 Å². The van der Waals surface area contributed by atoms with Crippen LogP contribution in [0.5, 0.6) is 0 Å². The highest BCUT2D eigenvalue weighted by atomic mass is 32.1. The Morgan fingerprint density at radius 1 is 1.28 bits per heavy atom. The van der Waals surface area contributed by atoms with Gasteiger partial charge < -0.3 is 5.73 Å². The van der Waals surface area contributed by atoms with E-state index in [1.165, 1.54) is 6.20 Å². The van der Waals surface area contributed by atoms with Crippen molar-refractivity contribution < 1.29 is 13.2 Å². The van der Waals surface area contributed by atoms with Crippen molar-refractivity contribution in [2.45, 2.75) is 19.1 Å². The Bertz CT molecular complexity index is 546. The molecule has 1 aromatic carbocycles. The molecule has 1 heterocycles. The summed E-state index contributed by atoms with van der Waals surface area (Å²) in [6, 6.07) is 6.92. The SMILES string of the molecule is CC(N)c1ccccc1-c1cnc(C(F)(F)F)s1. The summed E-state index contributed by atoms with van der Waals surface area (Å²) in [4.78, 5) is 3.90. The molecule has 2 aromatic rings. The molecule has 2 rings (SSSR count). The number of thiazole rings is 1. The zero-order chi connectivity index (χ0) is 13.3. The first kappa shape index (κ1) is 13.0. The van der Waals surface area contributed by atoms with Crippen LogP contribution in [0.4, 0.5) is 13.2 Å². The van der Waals surface area contributed by atoms with E-state index in [0.717, 1.165) is 5.56 Å². The average Bonchev–Trinajstić information content (AvgIpc) is 2.77. The van der Waals surface area contributed by atoms with Crippen LogP contribution < -0.4 is 5.73 Å². The first-order valence-corrected chi connectivity index (χ1v) is 6.09. The number of rotatable bonds is 2. The number of benzene rings is 1. The zero-order valence-electron chi connectivity index (χ0n) is 9.53. The maximum absolute atomic E-state index is 12.5. The molecule has 6 heteroatoms. The molecule has 2 N–H and O–H groups in total. The summed E-state index contributed by atoms with van der Waals surface area (Å²) in [7, 11) is 0. The Labute approximate surface area is 106 Å². The smallest absolute Gasteiger partial charge is 0.324 e. The molecule has 0 aliphatic rings. The first-order valence-electron chi connectivity index (χ1n) is 5.27. The van der Waals surface area contributed by atoms with Crippen molar-refractivity contribution in [2.75, 3.05) is 0 Å². The van der Waals surface area contributed by atoms with E-state index in [0.29, 0.717) is 21.8 Å². The average molecular weight is 272 g/mol. The molecule has 0 fully saturated rings. The molecule has 0 saturated heterocycles. The second-order valence-electron chi connectivity index (χ2n) is 3.90. The molecule has 0 radical (unpaired) electrons. The fourth-order valence-electron chi connectivity index (χ4n) is 1.65. The second-order valence-corrected chi connectivity index (χ2v) is 4.93. The Kier molecular flexibility index (Phi) is 3.41. The molecule has 0 bridgehead atoms. The third kappa shape index (κ3) is 2.54. The molecule has 1 atom stereocenters. The number of halogens is 3. The summed E-state index contributed by atoms with van der Waals surface area (Å²) in [5.74, 6) is 0.